The highest BCUT2D eigenvalue weighted by Crippen LogP contribution is 2.24. The minimum Gasteiger partial charge on any atom is -0.382 e. The van der Waals surface area contributed by atoms with Gasteiger partial charge in [-0.3, -0.25) is 10.1 Å². The van der Waals surface area contributed by atoms with Crippen LogP contribution in [-0.4, -0.2) is 18.6 Å². The van der Waals surface area contributed by atoms with Gasteiger partial charge in [-0.05, 0) is 11.6 Å². The number of halogens is 1. The Morgan fingerprint density at radius 3 is 2.62 bits per heavy atom. The van der Waals surface area contributed by atoms with Crippen LogP contribution in [0.4, 0.5) is 15.8 Å². The number of hydrogen-bond donors (Lipinski definition) is 1. The summed E-state index contributed by atoms with van der Waals surface area (Å²) in [5.41, 5.74) is 1.00. The second-order valence-corrected chi connectivity index (χ2v) is 4.52. The lowest BCUT2D eigenvalue weighted by Gasteiger charge is -2.19. The van der Waals surface area contributed by atoms with E-state index in [9.17, 15) is 14.5 Å². The molecular formula is C15H15FN2O3. The molecule has 0 aliphatic heterocycles. The van der Waals surface area contributed by atoms with Crippen molar-refractivity contribution in [2.75, 3.05) is 19.0 Å². The number of benzene rings is 2. The predicted molar refractivity (Wildman–Crippen MR) is 77.7 cm³/mol. The van der Waals surface area contributed by atoms with Crippen LogP contribution in [0, 0.1) is 15.9 Å². The number of rotatable bonds is 6. The smallest absolute Gasteiger partial charge is 0.274 e. The normalized spacial score (nSPS) is 11.9. The van der Waals surface area contributed by atoms with E-state index in [0.717, 1.165) is 11.6 Å². The first-order valence-corrected chi connectivity index (χ1v) is 6.35. The van der Waals surface area contributed by atoms with Crippen molar-refractivity contribution in [3.05, 3.63) is 70.0 Å². The third kappa shape index (κ3) is 4.00. The SMILES string of the molecule is COCC(Nc1cc(F)cc([N+](=O)[O-])c1)c1ccccc1. The molecule has 1 atom stereocenters. The van der Waals surface area contributed by atoms with Crippen molar-refractivity contribution in [1.82, 2.24) is 0 Å². The Morgan fingerprint density at radius 2 is 2.00 bits per heavy atom. The monoisotopic (exact) mass is 290 g/mol. The molecule has 6 heteroatoms. The molecule has 0 saturated carbocycles. The minimum atomic E-state index is -0.657. The highest BCUT2D eigenvalue weighted by Gasteiger charge is 2.14. The molecule has 0 saturated heterocycles. The summed E-state index contributed by atoms with van der Waals surface area (Å²) >= 11 is 0. The van der Waals surface area contributed by atoms with Crippen LogP contribution in [0.1, 0.15) is 11.6 Å². The summed E-state index contributed by atoms with van der Waals surface area (Å²) in [6.45, 7) is 0.355. The van der Waals surface area contributed by atoms with Crippen LogP contribution < -0.4 is 5.32 Å². The largest absolute Gasteiger partial charge is 0.382 e. The molecular weight excluding hydrogens is 275 g/mol. The average Bonchev–Trinajstić information content (AvgIpc) is 2.47. The van der Waals surface area contributed by atoms with Crippen molar-refractivity contribution in [1.29, 1.82) is 0 Å². The van der Waals surface area contributed by atoms with Crippen LogP contribution >= 0.6 is 0 Å². The Kier molecular flexibility index (Phi) is 4.84. The fraction of sp³-hybridized carbons (Fsp3) is 0.200. The van der Waals surface area contributed by atoms with Crippen molar-refractivity contribution in [3.8, 4) is 0 Å². The van der Waals surface area contributed by atoms with Gasteiger partial charge in [0.15, 0.2) is 0 Å². The van der Waals surface area contributed by atoms with E-state index in [1.165, 1.54) is 12.1 Å². The summed E-state index contributed by atoms with van der Waals surface area (Å²) in [7, 11) is 1.56. The maximum Gasteiger partial charge on any atom is 0.274 e. The Labute approximate surface area is 121 Å². The van der Waals surface area contributed by atoms with Crippen molar-refractivity contribution in [2.45, 2.75) is 6.04 Å². The topological polar surface area (TPSA) is 64.4 Å². The standard InChI is InChI=1S/C15H15FN2O3/c1-21-10-15(11-5-3-2-4-6-11)17-13-7-12(16)8-14(9-13)18(19)20/h2-9,15,17H,10H2,1H3. The molecule has 0 spiro atoms. The maximum atomic E-state index is 13.5. The number of hydrogen-bond acceptors (Lipinski definition) is 4. The summed E-state index contributed by atoms with van der Waals surface area (Å²) in [6.07, 6.45) is 0. The lowest BCUT2D eigenvalue weighted by atomic mass is 10.1. The second kappa shape index (κ2) is 6.81. The minimum absolute atomic E-state index is 0.224. The predicted octanol–water partition coefficient (Wildman–Crippen LogP) is 3.53. The maximum absolute atomic E-state index is 13.5. The third-order valence-corrected chi connectivity index (χ3v) is 2.97. The molecule has 2 rings (SSSR count). The van der Waals surface area contributed by atoms with Gasteiger partial charge in [0.2, 0.25) is 0 Å². The van der Waals surface area contributed by atoms with Crippen LogP contribution in [-0.2, 0) is 4.74 Å². The quantitative estimate of drug-likeness (QED) is 0.653. The van der Waals surface area contributed by atoms with Gasteiger partial charge in [-0.25, -0.2) is 4.39 Å². The number of anilines is 1. The van der Waals surface area contributed by atoms with Gasteiger partial charge in [0.1, 0.15) is 5.82 Å². The van der Waals surface area contributed by atoms with Gasteiger partial charge in [-0.15, -0.1) is 0 Å². The Balaban J connectivity index is 2.27. The zero-order chi connectivity index (χ0) is 15.2. The van der Waals surface area contributed by atoms with Gasteiger partial charge in [0.25, 0.3) is 5.69 Å². The molecule has 0 bridgehead atoms. The van der Waals surface area contributed by atoms with E-state index in [0.29, 0.717) is 12.3 Å². The zero-order valence-electron chi connectivity index (χ0n) is 11.5. The van der Waals surface area contributed by atoms with Crippen molar-refractivity contribution in [3.63, 3.8) is 0 Å². The summed E-state index contributed by atoms with van der Waals surface area (Å²) < 4.78 is 18.6. The van der Waals surface area contributed by atoms with Gasteiger partial charge >= 0.3 is 0 Å². The van der Waals surface area contributed by atoms with Crippen LogP contribution in [0.2, 0.25) is 0 Å². The molecule has 2 aromatic rings. The van der Waals surface area contributed by atoms with Crippen molar-refractivity contribution in [2.24, 2.45) is 0 Å². The number of nitro groups is 1. The van der Waals surface area contributed by atoms with Gasteiger partial charge in [-0.2, -0.15) is 0 Å². The zero-order valence-corrected chi connectivity index (χ0v) is 11.5. The van der Waals surface area contributed by atoms with E-state index in [2.05, 4.69) is 5.32 Å². The number of non-ortho nitro benzene ring substituents is 1. The molecule has 21 heavy (non-hydrogen) atoms. The third-order valence-electron chi connectivity index (χ3n) is 2.97. The Morgan fingerprint density at radius 1 is 1.29 bits per heavy atom. The first kappa shape index (κ1) is 14.9. The summed E-state index contributed by atoms with van der Waals surface area (Å²) in [4.78, 5) is 10.2. The van der Waals surface area contributed by atoms with Crippen molar-refractivity contribution < 1.29 is 14.1 Å². The number of methoxy groups -OCH3 is 1. The van der Waals surface area contributed by atoms with Gasteiger partial charge in [0, 0.05) is 18.9 Å². The van der Waals surface area contributed by atoms with Crippen LogP contribution in [0.15, 0.2) is 48.5 Å². The van der Waals surface area contributed by atoms with E-state index in [1.807, 2.05) is 30.3 Å². The second-order valence-electron chi connectivity index (χ2n) is 4.52. The molecule has 110 valence electrons. The Bertz CT molecular complexity index is 620. The molecule has 0 fully saturated rings. The van der Waals surface area contributed by atoms with Gasteiger partial charge in [-0.1, -0.05) is 30.3 Å². The molecule has 5 nitrogen and oxygen atoms in total. The molecule has 0 aliphatic rings. The van der Waals surface area contributed by atoms with Crippen LogP contribution in [0.5, 0.6) is 0 Å². The van der Waals surface area contributed by atoms with E-state index >= 15 is 0 Å². The fourth-order valence-electron chi connectivity index (χ4n) is 2.04. The highest BCUT2D eigenvalue weighted by molar-refractivity contribution is 5.53. The molecule has 2 aromatic carbocycles. The summed E-state index contributed by atoms with van der Waals surface area (Å²) in [6, 6.07) is 12.7. The van der Waals surface area contributed by atoms with E-state index in [4.69, 9.17) is 4.74 Å². The highest BCUT2D eigenvalue weighted by atomic mass is 19.1. The number of ether oxygens (including phenoxy) is 1. The molecule has 0 radical (unpaired) electrons. The van der Waals surface area contributed by atoms with Gasteiger partial charge in [0.05, 0.1) is 23.6 Å². The van der Waals surface area contributed by atoms with E-state index in [1.54, 1.807) is 7.11 Å². The molecule has 0 aliphatic carbocycles. The van der Waals surface area contributed by atoms with E-state index < -0.39 is 10.7 Å². The molecule has 1 unspecified atom stereocenters. The number of nitro benzene ring substituents is 1. The van der Waals surface area contributed by atoms with E-state index in [-0.39, 0.29) is 11.7 Å². The number of nitrogens with zero attached hydrogens (tertiary/aromatic N) is 1. The molecule has 1 N–H and O–H groups in total. The molecule has 0 heterocycles. The number of nitrogens with one attached hydrogen (secondary N) is 1. The van der Waals surface area contributed by atoms with Gasteiger partial charge < -0.3 is 10.1 Å². The summed E-state index contributed by atoms with van der Waals surface area (Å²) in [5.74, 6) is -0.657. The Hall–Kier alpha value is -2.47. The summed E-state index contributed by atoms with van der Waals surface area (Å²) in [5, 5.41) is 13.8. The fourth-order valence-corrected chi connectivity index (χ4v) is 2.04. The van der Waals surface area contributed by atoms with Crippen molar-refractivity contribution >= 4 is 11.4 Å². The average molecular weight is 290 g/mol. The van der Waals surface area contributed by atoms with Crippen LogP contribution in [0.3, 0.4) is 0 Å². The lowest BCUT2D eigenvalue weighted by Crippen LogP contribution is -2.16. The lowest BCUT2D eigenvalue weighted by molar-refractivity contribution is -0.385. The molecule has 0 aromatic heterocycles. The first-order valence-electron chi connectivity index (χ1n) is 6.35. The van der Waals surface area contributed by atoms with Crippen LogP contribution in [0.25, 0.3) is 0 Å². The first-order chi connectivity index (χ1) is 10.1. The molecule has 0 amide bonds.